The number of rotatable bonds is 3. The highest BCUT2D eigenvalue weighted by Crippen LogP contribution is 2.22. The van der Waals surface area contributed by atoms with E-state index in [0.29, 0.717) is 3.57 Å². The monoisotopic (exact) mass is 400 g/mol. The number of nitro benzene ring substituents is 1. The number of nitro groups is 1. The van der Waals surface area contributed by atoms with Crippen LogP contribution in [0.3, 0.4) is 0 Å². The quantitative estimate of drug-likeness (QED) is 0.483. The molecule has 0 saturated carbocycles. The number of halogens is 2. The predicted octanol–water partition coefficient (Wildman–Crippen LogP) is 3.90. The minimum atomic E-state index is -0.590. The Balaban J connectivity index is 2.34. The maximum absolute atomic E-state index is 13.6. The fraction of sp³-hybridized carbons (Fsp3) is 0.0714. The molecule has 0 heterocycles. The van der Waals surface area contributed by atoms with E-state index < -0.39 is 16.6 Å². The molecule has 2 aromatic rings. The zero-order valence-electron chi connectivity index (χ0n) is 10.9. The highest BCUT2D eigenvalue weighted by molar-refractivity contribution is 14.1. The second kappa shape index (κ2) is 6.17. The summed E-state index contributed by atoms with van der Waals surface area (Å²) in [4.78, 5) is 22.3. The van der Waals surface area contributed by atoms with Gasteiger partial charge in [-0.25, -0.2) is 4.39 Å². The van der Waals surface area contributed by atoms with Crippen LogP contribution < -0.4 is 5.32 Å². The van der Waals surface area contributed by atoms with Crippen molar-refractivity contribution in [1.29, 1.82) is 0 Å². The molecule has 0 bridgehead atoms. The molecule has 1 amide bonds. The number of nitrogens with zero attached hydrogens (tertiary/aromatic N) is 1. The number of hydrogen-bond acceptors (Lipinski definition) is 3. The number of nitrogens with one attached hydrogen (secondary N) is 1. The Morgan fingerprint density at radius 3 is 2.67 bits per heavy atom. The third-order valence-electron chi connectivity index (χ3n) is 2.78. The van der Waals surface area contributed by atoms with E-state index in [9.17, 15) is 19.3 Å². The first kappa shape index (κ1) is 15.4. The van der Waals surface area contributed by atoms with Crippen molar-refractivity contribution in [3.8, 4) is 0 Å². The van der Waals surface area contributed by atoms with Gasteiger partial charge in [-0.05, 0) is 53.3 Å². The van der Waals surface area contributed by atoms with Crippen LogP contribution in [0, 0.1) is 26.4 Å². The van der Waals surface area contributed by atoms with E-state index >= 15 is 0 Å². The SMILES string of the molecule is Cc1ccc(F)c(NC(=O)c2cc([N+](=O)[O-])ccc2I)c1. The Labute approximate surface area is 133 Å². The standard InChI is InChI=1S/C14H10FIN2O3/c1-8-2-4-11(15)13(6-8)17-14(19)10-7-9(18(20)21)3-5-12(10)16/h2-7H,1H3,(H,17,19). The van der Waals surface area contributed by atoms with Gasteiger partial charge in [-0.15, -0.1) is 0 Å². The molecule has 0 spiro atoms. The number of carbonyl (C=O) groups is 1. The second-order valence-electron chi connectivity index (χ2n) is 4.36. The first-order valence-electron chi connectivity index (χ1n) is 5.90. The molecule has 0 fully saturated rings. The summed E-state index contributed by atoms with van der Waals surface area (Å²) in [7, 11) is 0. The maximum atomic E-state index is 13.6. The van der Waals surface area contributed by atoms with Crippen LogP contribution in [0.25, 0.3) is 0 Å². The number of benzene rings is 2. The molecule has 0 saturated heterocycles. The summed E-state index contributed by atoms with van der Waals surface area (Å²) in [6.45, 7) is 1.77. The van der Waals surface area contributed by atoms with Gasteiger partial charge in [-0.1, -0.05) is 6.07 Å². The van der Waals surface area contributed by atoms with Gasteiger partial charge in [0.1, 0.15) is 5.82 Å². The van der Waals surface area contributed by atoms with Crippen molar-refractivity contribution in [1.82, 2.24) is 0 Å². The molecule has 1 N–H and O–H groups in total. The molecule has 7 heteroatoms. The summed E-state index contributed by atoms with van der Waals surface area (Å²) in [6, 6.07) is 8.29. The molecule has 0 aliphatic carbocycles. The van der Waals surface area contributed by atoms with Gasteiger partial charge in [0.2, 0.25) is 0 Å². The summed E-state index contributed by atoms with van der Waals surface area (Å²) in [5.41, 5.74) is 0.777. The van der Waals surface area contributed by atoms with Gasteiger partial charge in [-0.2, -0.15) is 0 Å². The van der Waals surface area contributed by atoms with Crippen LogP contribution in [0.15, 0.2) is 36.4 Å². The van der Waals surface area contributed by atoms with Gasteiger partial charge in [-0.3, -0.25) is 14.9 Å². The minimum Gasteiger partial charge on any atom is -0.319 e. The summed E-state index contributed by atoms with van der Waals surface area (Å²) in [5, 5.41) is 13.2. The summed E-state index contributed by atoms with van der Waals surface area (Å²) >= 11 is 1.90. The molecule has 2 rings (SSSR count). The van der Waals surface area contributed by atoms with E-state index in [2.05, 4.69) is 5.32 Å². The number of amides is 1. The van der Waals surface area contributed by atoms with Gasteiger partial charge in [0.15, 0.2) is 0 Å². The third kappa shape index (κ3) is 3.54. The van der Waals surface area contributed by atoms with Crippen molar-refractivity contribution in [3.05, 3.63) is 67.0 Å². The van der Waals surface area contributed by atoms with Gasteiger partial charge >= 0.3 is 0 Å². The zero-order chi connectivity index (χ0) is 15.6. The van der Waals surface area contributed by atoms with Crippen LogP contribution in [0.4, 0.5) is 15.8 Å². The first-order chi connectivity index (χ1) is 9.88. The second-order valence-corrected chi connectivity index (χ2v) is 5.52. The number of anilines is 1. The lowest BCUT2D eigenvalue weighted by molar-refractivity contribution is -0.384. The van der Waals surface area contributed by atoms with Crippen LogP contribution in [-0.2, 0) is 0 Å². The van der Waals surface area contributed by atoms with E-state index in [-0.39, 0.29) is 16.9 Å². The number of non-ortho nitro benzene ring substituents is 1. The molecule has 0 atom stereocenters. The summed E-state index contributed by atoms with van der Waals surface area (Å²) in [6.07, 6.45) is 0. The molecular weight excluding hydrogens is 390 g/mol. The van der Waals surface area contributed by atoms with Crippen molar-refractivity contribution < 1.29 is 14.1 Å². The lowest BCUT2D eigenvalue weighted by atomic mass is 10.1. The van der Waals surface area contributed by atoms with E-state index in [1.165, 1.54) is 30.3 Å². The average Bonchev–Trinajstić information content (AvgIpc) is 2.43. The third-order valence-corrected chi connectivity index (χ3v) is 3.72. The molecule has 0 aromatic heterocycles. The van der Waals surface area contributed by atoms with Crippen LogP contribution in [0.5, 0.6) is 0 Å². The zero-order valence-corrected chi connectivity index (χ0v) is 13.0. The van der Waals surface area contributed by atoms with Crippen LogP contribution in [0.1, 0.15) is 15.9 Å². The Morgan fingerprint density at radius 1 is 1.29 bits per heavy atom. The van der Waals surface area contributed by atoms with E-state index in [4.69, 9.17) is 0 Å². The summed E-state index contributed by atoms with van der Waals surface area (Å²) in [5.74, 6) is -1.15. The van der Waals surface area contributed by atoms with Crippen LogP contribution in [0.2, 0.25) is 0 Å². The number of aryl methyl sites for hydroxylation is 1. The van der Waals surface area contributed by atoms with Crippen molar-refractivity contribution in [2.45, 2.75) is 6.92 Å². The fourth-order valence-electron chi connectivity index (χ4n) is 1.73. The molecule has 2 aromatic carbocycles. The predicted molar refractivity (Wildman–Crippen MR) is 84.9 cm³/mol. The lowest BCUT2D eigenvalue weighted by Crippen LogP contribution is -2.15. The Hall–Kier alpha value is -2.03. The molecule has 0 unspecified atom stereocenters. The maximum Gasteiger partial charge on any atom is 0.270 e. The fourth-order valence-corrected chi connectivity index (χ4v) is 2.31. The first-order valence-corrected chi connectivity index (χ1v) is 6.98. The number of hydrogen-bond donors (Lipinski definition) is 1. The van der Waals surface area contributed by atoms with Crippen molar-refractivity contribution in [2.24, 2.45) is 0 Å². The molecular formula is C14H10FIN2O3. The van der Waals surface area contributed by atoms with Crippen LogP contribution in [-0.4, -0.2) is 10.8 Å². The Kier molecular flexibility index (Phi) is 4.51. The Bertz CT molecular complexity index is 734. The normalized spacial score (nSPS) is 10.2. The highest BCUT2D eigenvalue weighted by atomic mass is 127. The van der Waals surface area contributed by atoms with Gasteiger partial charge < -0.3 is 5.32 Å². The van der Waals surface area contributed by atoms with E-state index in [0.717, 1.165) is 5.56 Å². The lowest BCUT2D eigenvalue weighted by Gasteiger charge is -2.08. The number of carbonyl (C=O) groups excluding carboxylic acids is 1. The van der Waals surface area contributed by atoms with Crippen LogP contribution >= 0.6 is 22.6 Å². The largest absolute Gasteiger partial charge is 0.319 e. The molecule has 0 aliphatic heterocycles. The minimum absolute atomic E-state index is 0.0438. The van der Waals surface area contributed by atoms with Crippen molar-refractivity contribution >= 4 is 39.9 Å². The smallest absolute Gasteiger partial charge is 0.270 e. The van der Waals surface area contributed by atoms with Gasteiger partial charge in [0, 0.05) is 15.7 Å². The topological polar surface area (TPSA) is 72.2 Å². The van der Waals surface area contributed by atoms with Crippen molar-refractivity contribution in [3.63, 3.8) is 0 Å². The molecule has 5 nitrogen and oxygen atoms in total. The van der Waals surface area contributed by atoms with E-state index in [1.54, 1.807) is 13.0 Å². The molecule has 108 valence electrons. The molecule has 21 heavy (non-hydrogen) atoms. The molecule has 0 aliphatic rings. The summed E-state index contributed by atoms with van der Waals surface area (Å²) < 4.78 is 14.2. The van der Waals surface area contributed by atoms with Gasteiger partial charge in [0.25, 0.3) is 11.6 Å². The Morgan fingerprint density at radius 2 is 2.00 bits per heavy atom. The average molecular weight is 400 g/mol. The van der Waals surface area contributed by atoms with Crippen molar-refractivity contribution in [2.75, 3.05) is 5.32 Å². The highest BCUT2D eigenvalue weighted by Gasteiger charge is 2.16. The van der Waals surface area contributed by atoms with Gasteiger partial charge in [0.05, 0.1) is 16.2 Å². The van der Waals surface area contributed by atoms with E-state index in [1.807, 2.05) is 22.6 Å². The molecule has 0 radical (unpaired) electrons.